The highest BCUT2D eigenvalue weighted by Gasteiger charge is 2.14. The second-order valence-corrected chi connectivity index (χ2v) is 5.27. The first kappa shape index (κ1) is 15.1. The van der Waals surface area contributed by atoms with Crippen LogP contribution in [0.4, 0.5) is 0 Å². The van der Waals surface area contributed by atoms with Crippen molar-refractivity contribution in [3.05, 3.63) is 47.5 Å². The monoisotopic (exact) mass is 303 g/mol. The number of amides is 1. The Morgan fingerprint density at radius 2 is 2.10 bits per heavy atom. The number of benzene rings is 1. The zero-order valence-electron chi connectivity index (χ0n) is 11.9. The molecule has 0 radical (unpaired) electrons. The molecule has 1 amide bonds. The van der Waals surface area contributed by atoms with E-state index in [1.807, 2.05) is 38.2 Å². The Morgan fingerprint density at radius 3 is 2.62 bits per heavy atom. The topological polar surface area (TPSA) is 85.8 Å². The molecule has 0 spiro atoms. The van der Waals surface area contributed by atoms with Crippen LogP contribution in [0.1, 0.15) is 29.9 Å². The van der Waals surface area contributed by atoms with E-state index in [0.29, 0.717) is 17.2 Å². The van der Waals surface area contributed by atoms with Gasteiger partial charge in [0.2, 0.25) is 5.91 Å². The van der Waals surface area contributed by atoms with Gasteiger partial charge < -0.3 is 15.6 Å². The molecular formula is C14H17N5OS. The molecule has 1 unspecified atom stereocenters. The number of thiocarbonyl (C=S) groups is 1. The zero-order valence-corrected chi connectivity index (χ0v) is 12.7. The quantitative estimate of drug-likeness (QED) is 0.801. The molecule has 0 aliphatic heterocycles. The van der Waals surface area contributed by atoms with E-state index in [1.54, 1.807) is 10.9 Å². The molecule has 6 nitrogen and oxygen atoms in total. The summed E-state index contributed by atoms with van der Waals surface area (Å²) >= 11 is 4.89. The van der Waals surface area contributed by atoms with Crippen molar-refractivity contribution in [3.63, 3.8) is 0 Å². The van der Waals surface area contributed by atoms with Gasteiger partial charge >= 0.3 is 0 Å². The van der Waals surface area contributed by atoms with Crippen molar-refractivity contribution >= 4 is 23.1 Å². The summed E-state index contributed by atoms with van der Waals surface area (Å²) in [5.74, 6) is 0.640. The lowest BCUT2D eigenvalue weighted by atomic mass is 10.1. The molecule has 21 heavy (non-hydrogen) atoms. The van der Waals surface area contributed by atoms with Crippen molar-refractivity contribution in [1.29, 1.82) is 0 Å². The van der Waals surface area contributed by atoms with Crippen molar-refractivity contribution in [2.75, 3.05) is 0 Å². The van der Waals surface area contributed by atoms with Crippen LogP contribution in [0.2, 0.25) is 0 Å². The molecule has 0 saturated carbocycles. The average Bonchev–Trinajstić information content (AvgIpc) is 2.85. The van der Waals surface area contributed by atoms with Crippen molar-refractivity contribution < 1.29 is 4.79 Å². The number of nitrogens with two attached hydrogens (primary N) is 1. The minimum Gasteiger partial charge on any atom is -0.389 e. The molecule has 2 aromatic rings. The second kappa shape index (κ2) is 6.45. The van der Waals surface area contributed by atoms with Gasteiger partial charge in [-0.05, 0) is 12.5 Å². The fourth-order valence-corrected chi connectivity index (χ4v) is 2.15. The molecule has 0 fully saturated rings. The molecule has 1 atom stereocenters. The number of hydrogen-bond donors (Lipinski definition) is 2. The summed E-state index contributed by atoms with van der Waals surface area (Å²) in [6.07, 6.45) is 1.90. The number of carbonyl (C=O) groups excluding carboxylic acids is 1. The summed E-state index contributed by atoms with van der Waals surface area (Å²) < 4.78 is 1.78. The van der Waals surface area contributed by atoms with E-state index >= 15 is 0 Å². The minimum absolute atomic E-state index is 0.0754. The Morgan fingerprint density at radius 1 is 1.43 bits per heavy atom. The molecular weight excluding hydrogens is 286 g/mol. The van der Waals surface area contributed by atoms with Gasteiger partial charge in [-0.3, -0.25) is 4.79 Å². The fraction of sp³-hybridized carbons (Fsp3) is 0.286. The van der Waals surface area contributed by atoms with Crippen LogP contribution >= 0.6 is 12.2 Å². The first-order chi connectivity index (χ1) is 9.97. The Kier molecular flexibility index (Phi) is 4.64. The van der Waals surface area contributed by atoms with Gasteiger partial charge in [-0.15, -0.1) is 10.2 Å². The van der Waals surface area contributed by atoms with E-state index in [9.17, 15) is 4.79 Å². The van der Waals surface area contributed by atoms with Crippen LogP contribution in [0.3, 0.4) is 0 Å². The van der Waals surface area contributed by atoms with Crippen LogP contribution in [0.5, 0.6) is 0 Å². The molecule has 2 rings (SSSR count). The highest BCUT2D eigenvalue weighted by atomic mass is 32.1. The van der Waals surface area contributed by atoms with Gasteiger partial charge in [0.1, 0.15) is 11.3 Å². The highest BCUT2D eigenvalue weighted by Crippen LogP contribution is 2.09. The predicted molar refractivity (Wildman–Crippen MR) is 83.6 cm³/mol. The van der Waals surface area contributed by atoms with E-state index in [4.69, 9.17) is 18.0 Å². The van der Waals surface area contributed by atoms with Crippen LogP contribution in [-0.2, 0) is 18.3 Å². The Hall–Kier alpha value is -2.28. The SMILES string of the molecule is CC(NC(=O)Cc1ccc(C(N)=S)cc1)c1nncn1C. The molecule has 0 aliphatic carbocycles. The van der Waals surface area contributed by atoms with E-state index in [1.165, 1.54) is 0 Å². The van der Waals surface area contributed by atoms with Crippen LogP contribution in [0, 0.1) is 0 Å². The predicted octanol–water partition coefficient (Wildman–Crippen LogP) is 0.869. The van der Waals surface area contributed by atoms with Gasteiger partial charge in [0.25, 0.3) is 0 Å². The largest absolute Gasteiger partial charge is 0.389 e. The highest BCUT2D eigenvalue weighted by molar-refractivity contribution is 7.80. The third-order valence-corrected chi connectivity index (χ3v) is 3.35. The number of nitrogens with one attached hydrogen (secondary N) is 1. The molecule has 3 N–H and O–H groups in total. The normalized spacial score (nSPS) is 11.9. The lowest BCUT2D eigenvalue weighted by molar-refractivity contribution is -0.121. The van der Waals surface area contributed by atoms with Crippen LogP contribution in [0.25, 0.3) is 0 Å². The smallest absolute Gasteiger partial charge is 0.224 e. The van der Waals surface area contributed by atoms with Crippen LogP contribution < -0.4 is 11.1 Å². The van der Waals surface area contributed by atoms with Crippen LogP contribution in [-0.4, -0.2) is 25.7 Å². The lowest BCUT2D eigenvalue weighted by Gasteiger charge is -2.13. The number of aryl methyl sites for hydroxylation is 1. The van der Waals surface area contributed by atoms with Gasteiger partial charge in [0.15, 0.2) is 5.82 Å². The molecule has 7 heteroatoms. The van der Waals surface area contributed by atoms with Gasteiger partial charge in [-0.2, -0.15) is 0 Å². The second-order valence-electron chi connectivity index (χ2n) is 4.83. The number of rotatable bonds is 5. The Bertz CT molecular complexity index is 650. The van der Waals surface area contributed by atoms with E-state index < -0.39 is 0 Å². The maximum atomic E-state index is 12.0. The minimum atomic E-state index is -0.194. The molecule has 0 bridgehead atoms. The summed E-state index contributed by atoms with van der Waals surface area (Å²) in [6, 6.07) is 7.14. The number of aromatic nitrogens is 3. The van der Waals surface area contributed by atoms with Gasteiger partial charge in [0.05, 0.1) is 12.5 Å². The standard InChI is InChI=1S/C14H17N5OS/c1-9(14-18-16-8-19(14)2)17-12(20)7-10-3-5-11(6-4-10)13(15)21/h3-6,8-9H,7H2,1-2H3,(H2,15,21)(H,17,20). The number of hydrogen-bond acceptors (Lipinski definition) is 4. The van der Waals surface area contributed by atoms with Gasteiger partial charge in [-0.1, -0.05) is 36.5 Å². The Balaban J connectivity index is 1.95. The fourth-order valence-electron chi connectivity index (χ4n) is 2.01. The number of nitrogens with zero attached hydrogens (tertiary/aromatic N) is 3. The molecule has 1 heterocycles. The maximum absolute atomic E-state index is 12.0. The average molecular weight is 303 g/mol. The van der Waals surface area contributed by atoms with E-state index in [2.05, 4.69) is 15.5 Å². The third kappa shape index (κ3) is 3.85. The summed E-state index contributed by atoms with van der Waals surface area (Å²) in [4.78, 5) is 12.4. The van der Waals surface area contributed by atoms with Crippen molar-refractivity contribution in [3.8, 4) is 0 Å². The number of carbonyl (C=O) groups is 1. The van der Waals surface area contributed by atoms with E-state index in [0.717, 1.165) is 11.1 Å². The summed E-state index contributed by atoms with van der Waals surface area (Å²) in [5, 5.41) is 10.7. The molecule has 0 aliphatic rings. The summed E-state index contributed by atoms with van der Waals surface area (Å²) in [7, 11) is 1.84. The van der Waals surface area contributed by atoms with E-state index in [-0.39, 0.29) is 11.9 Å². The molecule has 0 saturated heterocycles. The van der Waals surface area contributed by atoms with Crippen molar-refractivity contribution in [2.45, 2.75) is 19.4 Å². The summed E-state index contributed by atoms with van der Waals surface area (Å²) in [5.41, 5.74) is 7.23. The van der Waals surface area contributed by atoms with Crippen molar-refractivity contribution in [2.24, 2.45) is 12.8 Å². The zero-order chi connectivity index (χ0) is 15.4. The van der Waals surface area contributed by atoms with Crippen molar-refractivity contribution in [1.82, 2.24) is 20.1 Å². The molecule has 1 aromatic carbocycles. The molecule has 110 valence electrons. The summed E-state index contributed by atoms with van der Waals surface area (Å²) in [6.45, 7) is 1.87. The first-order valence-electron chi connectivity index (χ1n) is 6.49. The van der Waals surface area contributed by atoms with Crippen LogP contribution in [0.15, 0.2) is 30.6 Å². The maximum Gasteiger partial charge on any atom is 0.224 e. The Labute approximate surface area is 128 Å². The molecule has 1 aromatic heterocycles. The third-order valence-electron chi connectivity index (χ3n) is 3.11. The van der Waals surface area contributed by atoms with Gasteiger partial charge in [0, 0.05) is 12.6 Å². The lowest BCUT2D eigenvalue weighted by Crippen LogP contribution is -2.29. The van der Waals surface area contributed by atoms with Gasteiger partial charge in [-0.25, -0.2) is 0 Å². The first-order valence-corrected chi connectivity index (χ1v) is 6.90.